The maximum Gasteiger partial charge on any atom is 0.0818 e. The van der Waals surface area contributed by atoms with E-state index >= 15 is 0 Å². The summed E-state index contributed by atoms with van der Waals surface area (Å²) in [6.45, 7) is 2.06. The van der Waals surface area contributed by atoms with Crippen LogP contribution in [0.2, 0.25) is 0 Å². The lowest BCUT2D eigenvalue weighted by Gasteiger charge is -2.14. The van der Waals surface area contributed by atoms with Gasteiger partial charge in [-0.2, -0.15) is 5.10 Å². The second-order valence-electron chi connectivity index (χ2n) is 4.05. The van der Waals surface area contributed by atoms with Crippen molar-refractivity contribution < 1.29 is 4.74 Å². The van der Waals surface area contributed by atoms with Gasteiger partial charge in [-0.15, -0.1) is 0 Å². The third-order valence-corrected chi connectivity index (χ3v) is 3.02. The molecule has 0 radical (unpaired) electrons. The highest BCUT2D eigenvalue weighted by Gasteiger charge is 2.30. The fraction of sp³-hybridized carbons (Fsp3) is 0.700. The zero-order valence-electron chi connectivity index (χ0n) is 8.20. The Morgan fingerprint density at radius 2 is 2.36 bits per heavy atom. The van der Waals surface area contributed by atoms with Crippen molar-refractivity contribution in [2.75, 3.05) is 6.61 Å². The molecule has 0 aromatic carbocycles. The van der Waals surface area contributed by atoms with Gasteiger partial charge < -0.3 is 10.5 Å². The Balaban J connectivity index is 2.07. The molecule has 4 nitrogen and oxygen atoms in total. The highest BCUT2D eigenvalue weighted by molar-refractivity contribution is 5.28. The molecule has 76 valence electrons. The number of hydrogen-bond donors (Lipinski definition) is 1. The van der Waals surface area contributed by atoms with Crippen LogP contribution in [0.5, 0.6) is 0 Å². The van der Waals surface area contributed by atoms with Crippen molar-refractivity contribution in [2.45, 2.75) is 38.5 Å². The molecule has 1 aromatic rings. The monoisotopic (exact) mass is 193 g/mol. The van der Waals surface area contributed by atoms with Crippen molar-refractivity contribution in [3.8, 4) is 0 Å². The molecular formula is C10H15N3O. The van der Waals surface area contributed by atoms with Gasteiger partial charge in [-0.3, -0.25) is 4.68 Å². The maximum absolute atomic E-state index is 5.68. The number of rotatable bonds is 2. The summed E-state index contributed by atoms with van der Waals surface area (Å²) in [5.41, 5.74) is 9.34. The smallest absolute Gasteiger partial charge is 0.0818 e. The molecule has 2 aliphatic rings. The third-order valence-electron chi connectivity index (χ3n) is 3.02. The van der Waals surface area contributed by atoms with Crippen LogP contribution in [0.15, 0.2) is 0 Å². The molecule has 0 spiro atoms. The highest BCUT2D eigenvalue weighted by atomic mass is 16.5. The first kappa shape index (κ1) is 8.44. The van der Waals surface area contributed by atoms with E-state index in [0.29, 0.717) is 19.2 Å². The second-order valence-corrected chi connectivity index (χ2v) is 4.05. The van der Waals surface area contributed by atoms with Crippen molar-refractivity contribution in [2.24, 2.45) is 5.73 Å². The lowest BCUT2D eigenvalue weighted by Crippen LogP contribution is -2.13. The average molecular weight is 193 g/mol. The predicted molar refractivity (Wildman–Crippen MR) is 51.7 cm³/mol. The Labute approximate surface area is 83.0 Å². The quantitative estimate of drug-likeness (QED) is 0.754. The van der Waals surface area contributed by atoms with Gasteiger partial charge in [0.25, 0.3) is 0 Å². The van der Waals surface area contributed by atoms with Crippen LogP contribution in [0.1, 0.15) is 35.8 Å². The molecule has 0 unspecified atom stereocenters. The molecule has 1 saturated carbocycles. The van der Waals surface area contributed by atoms with E-state index in [1.807, 2.05) is 0 Å². The molecule has 0 bridgehead atoms. The summed E-state index contributed by atoms with van der Waals surface area (Å²) in [6, 6.07) is 0.655. The number of fused-ring (bicyclic) bond motifs is 1. The van der Waals surface area contributed by atoms with Crippen molar-refractivity contribution in [1.82, 2.24) is 9.78 Å². The van der Waals surface area contributed by atoms with Gasteiger partial charge in [-0.25, -0.2) is 0 Å². The second kappa shape index (κ2) is 3.07. The first-order chi connectivity index (χ1) is 6.90. The summed E-state index contributed by atoms with van der Waals surface area (Å²) in [5.74, 6) is 0. The lowest BCUT2D eigenvalue weighted by atomic mass is 10.1. The number of hydrogen-bond acceptors (Lipinski definition) is 3. The average Bonchev–Trinajstić information content (AvgIpc) is 3.00. The molecule has 1 aromatic heterocycles. The standard InChI is InChI=1S/C10H15N3O/c11-5-9-8-6-14-4-3-10(8)13(12-9)7-1-2-7/h7H,1-6,11H2. The lowest BCUT2D eigenvalue weighted by molar-refractivity contribution is 0.108. The molecule has 4 heteroatoms. The van der Waals surface area contributed by atoms with Crippen LogP contribution in [0.3, 0.4) is 0 Å². The first-order valence-corrected chi connectivity index (χ1v) is 5.27. The van der Waals surface area contributed by atoms with Crippen molar-refractivity contribution in [3.63, 3.8) is 0 Å². The SMILES string of the molecule is NCc1nn(C2CC2)c2c1COCC2. The summed E-state index contributed by atoms with van der Waals surface area (Å²) < 4.78 is 7.64. The molecule has 0 atom stereocenters. The summed E-state index contributed by atoms with van der Waals surface area (Å²) in [4.78, 5) is 0. The number of nitrogens with two attached hydrogens (primary N) is 1. The van der Waals surface area contributed by atoms with Gasteiger partial charge in [-0.05, 0) is 12.8 Å². The minimum atomic E-state index is 0.533. The van der Waals surface area contributed by atoms with E-state index in [-0.39, 0.29) is 0 Å². The zero-order valence-corrected chi connectivity index (χ0v) is 8.20. The van der Waals surface area contributed by atoms with Crippen LogP contribution in [0.4, 0.5) is 0 Å². The first-order valence-electron chi connectivity index (χ1n) is 5.27. The van der Waals surface area contributed by atoms with Gasteiger partial charge in [0.15, 0.2) is 0 Å². The summed E-state index contributed by atoms with van der Waals surface area (Å²) >= 11 is 0. The predicted octanol–water partition coefficient (Wildman–Crippen LogP) is 0.749. The van der Waals surface area contributed by atoms with Gasteiger partial charge in [0.05, 0.1) is 24.9 Å². The van der Waals surface area contributed by atoms with Gasteiger partial charge >= 0.3 is 0 Å². The van der Waals surface area contributed by atoms with Gasteiger partial charge in [0.1, 0.15) is 0 Å². The van der Waals surface area contributed by atoms with Crippen LogP contribution in [-0.4, -0.2) is 16.4 Å². The van der Waals surface area contributed by atoms with E-state index < -0.39 is 0 Å². The molecule has 14 heavy (non-hydrogen) atoms. The van der Waals surface area contributed by atoms with Crippen LogP contribution in [0, 0.1) is 0 Å². The number of ether oxygens (including phenoxy) is 1. The van der Waals surface area contributed by atoms with E-state index in [1.165, 1.54) is 24.1 Å². The van der Waals surface area contributed by atoms with Gasteiger partial charge in [-0.1, -0.05) is 0 Å². The Morgan fingerprint density at radius 1 is 1.50 bits per heavy atom. The van der Waals surface area contributed by atoms with Crippen LogP contribution >= 0.6 is 0 Å². The van der Waals surface area contributed by atoms with Crippen LogP contribution in [-0.2, 0) is 24.3 Å². The molecule has 1 aliphatic carbocycles. The molecule has 0 amide bonds. The molecular weight excluding hydrogens is 178 g/mol. The minimum absolute atomic E-state index is 0.533. The normalized spacial score (nSPS) is 20.9. The van der Waals surface area contributed by atoms with E-state index in [9.17, 15) is 0 Å². The van der Waals surface area contributed by atoms with E-state index in [4.69, 9.17) is 10.5 Å². The highest BCUT2D eigenvalue weighted by Crippen LogP contribution is 2.37. The van der Waals surface area contributed by atoms with Crippen molar-refractivity contribution in [1.29, 1.82) is 0 Å². The molecule has 0 saturated heterocycles. The topological polar surface area (TPSA) is 53.1 Å². The summed E-state index contributed by atoms with van der Waals surface area (Å²) in [6.07, 6.45) is 3.55. The largest absolute Gasteiger partial charge is 0.376 e. The van der Waals surface area contributed by atoms with Gasteiger partial charge in [0.2, 0.25) is 0 Å². The van der Waals surface area contributed by atoms with Crippen LogP contribution in [0.25, 0.3) is 0 Å². The molecule has 3 rings (SSSR count). The fourth-order valence-electron chi connectivity index (χ4n) is 2.12. The van der Waals surface area contributed by atoms with E-state index in [1.54, 1.807) is 0 Å². The van der Waals surface area contributed by atoms with E-state index in [0.717, 1.165) is 18.7 Å². The Hall–Kier alpha value is -0.870. The van der Waals surface area contributed by atoms with Crippen molar-refractivity contribution >= 4 is 0 Å². The Morgan fingerprint density at radius 3 is 3.07 bits per heavy atom. The molecule has 1 fully saturated rings. The van der Waals surface area contributed by atoms with Crippen molar-refractivity contribution in [3.05, 3.63) is 17.0 Å². The van der Waals surface area contributed by atoms with E-state index in [2.05, 4.69) is 9.78 Å². The van der Waals surface area contributed by atoms with Crippen LogP contribution < -0.4 is 5.73 Å². The minimum Gasteiger partial charge on any atom is -0.376 e. The zero-order chi connectivity index (χ0) is 9.54. The molecule has 1 aliphatic heterocycles. The summed E-state index contributed by atoms with van der Waals surface area (Å²) in [7, 11) is 0. The fourth-order valence-corrected chi connectivity index (χ4v) is 2.12. The molecule has 2 N–H and O–H groups in total. The Kier molecular flexibility index (Phi) is 1.85. The third kappa shape index (κ3) is 1.18. The Bertz CT molecular complexity index is 354. The maximum atomic E-state index is 5.68. The molecule has 2 heterocycles. The van der Waals surface area contributed by atoms with Gasteiger partial charge in [0, 0.05) is 24.2 Å². The summed E-state index contributed by atoms with van der Waals surface area (Å²) in [5, 5.41) is 4.58. The number of nitrogens with zero attached hydrogens (tertiary/aromatic N) is 2. The number of aromatic nitrogens is 2.